The van der Waals surface area contributed by atoms with Gasteiger partial charge in [-0.3, -0.25) is 0 Å². The van der Waals surface area contributed by atoms with Crippen LogP contribution in [0.25, 0.3) is 0 Å². The number of nitrogens with two attached hydrogens (primary N) is 6. The maximum atomic E-state index is 4.88. The summed E-state index contributed by atoms with van der Waals surface area (Å²) in [6.45, 7) is 0. The first-order valence-corrected chi connectivity index (χ1v) is 5.05. The first kappa shape index (κ1) is 11.6. The molecule has 0 aromatic carbocycles. The minimum absolute atomic E-state index is 0. The predicted molar refractivity (Wildman–Crippen MR) is 25.1 cm³/mol. The summed E-state index contributed by atoms with van der Waals surface area (Å²) in [5.74, 6) is 0. The molecule has 0 aliphatic rings. The molecule has 0 atom stereocenters. The Morgan fingerprint density at radius 2 is 0.625 bits per heavy atom. The molecule has 0 amide bonds. The van der Waals surface area contributed by atoms with E-state index in [1.807, 2.05) is 0 Å². The Labute approximate surface area is 57.9 Å². The van der Waals surface area contributed by atoms with Gasteiger partial charge >= 0.3 is 57.6 Å². The summed E-state index contributed by atoms with van der Waals surface area (Å²) < 4.78 is 29.2. The van der Waals surface area contributed by atoms with Crippen LogP contribution in [0.1, 0.15) is 0 Å². The Bertz CT molecular complexity index is 65.1. The van der Waals surface area contributed by atoms with E-state index in [4.69, 9.17) is 28.5 Å². The van der Waals surface area contributed by atoms with Gasteiger partial charge in [-0.25, -0.2) is 0 Å². The standard InChI is InChI=1S/2Fe.6H2N/h;;6*1H2/q+2;+4;6*-1. The second-order valence-corrected chi connectivity index (χ2v) is 7.29. The van der Waals surface area contributed by atoms with Crippen LogP contribution in [0.5, 0.6) is 0 Å². The van der Waals surface area contributed by atoms with E-state index >= 15 is 0 Å². The quantitative estimate of drug-likeness (QED) is 0.226. The van der Waals surface area contributed by atoms with Crippen LogP contribution >= 0.6 is 0 Å². The van der Waals surface area contributed by atoms with Crippen molar-refractivity contribution in [3.8, 4) is 0 Å². The third-order valence-electron chi connectivity index (χ3n) is 0. The summed E-state index contributed by atoms with van der Waals surface area (Å²) in [6.07, 6.45) is 0. The van der Waals surface area contributed by atoms with Gasteiger partial charge in [-0.15, -0.1) is 0 Å². The summed E-state index contributed by atoms with van der Waals surface area (Å²) >= 11 is -4.75. The van der Waals surface area contributed by atoms with E-state index in [1.54, 1.807) is 0 Å². The zero-order valence-electron chi connectivity index (χ0n) is 4.17. The summed E-state index contributed by atoms with van der Waals surface area (Å²) in [5, 5.41) is 0. The van der Waals surface area contributed by atoms with Crippen molar-refractivity contribution in [2.75, 3.05) is 0 Å². The van der Waals surface area contributed by atoms with Crippen molar-refractivity contribution in [2.24, 2.45) is 28.5 Å². The van der Waals surface area contributed by atoms with Crippen molar-refractivity contribution in [1.82, 2.24) is 0 Å². The second kappa shape index (κ2) is 1.44. The van der Waals surface area contributed by atoms with Crippen LogP contribution in [0.4, 0.5) is 0 Å². The van der Waals surface area contributed by atoms with Gasteiger partial charge in [0.2, 0.25) is 0 Å². The van der Waals surface area contributed by atoms with Gasteiger partial charge < -0.3 is 0 Å². The normalized spacial score (nSPS) is 20.2. The van der Waals surface area contributed by atoms with Crippen molar-refractivity contribution < 1.29 is 29.1 Å². The van der Waals surface area contributed by atoms with E-state index in [2.05, 4.69) is 0 Å². The second-order valence-electron chi connectivity index (χ2n) is 1.77. The van der Waals surface area contributed by atoms with E-state index in [1.165, 1.54) is 0 Å². The molecule has 12 N–H and O–H groups in total. The first-order chi connectivity index (χ1) is 2.45. The molecule has 0 unspecified atom stereocenters. The van der Waals surface area contributed by atoms with Gasteiger partial charge in [0.1, 0.15) is 0 Å². The van der Waals surface area contributed by atoms with Crippen LogP contribution in [0.2, 0.25) is 0 Å². The van der Waals surface area contributed by atoms with Crippen LogP contribution in [0, 0.1) is 0 Å². The average molecular weight is 208 g/mol. The van der Waals surface area contributed by atoms with E-state index in [-0.39, 0.29) is 17.1 Å². The van der Waals surface area contributed by atoms with Crippen molar-refractivity contribution in [3.63, 3.8) is 0 Å². The van der Waals surface area contributed by atoms with Crippen molar-refractivity contribution >= 4 is 0 Å². The van der Waals surface area contributed by atoms with Gasteiger partial charge in [0.25, 0.3) is 0 Å². The molecule has 0 rings (SSSR count). The molecular weight excluding hydrogens is 196 g/mol. The molecule has 0 saturated carbocycles. The molecule has 0 heterocycles. The third-order valence-corrected chi connectivity index (χ3v) is 0. The SMILES string of the molecule is [Fe+2].[NH2][Fe-2]([NH2])([NH2])([NH2])([NH2])[NH2]. The molecule has 0 aliphatic carbocycles. The van der Waals surface area contributed by atoms with Gasteiger partial charge in [0, 0.05) is 0 Å². The molecule has 0 spiro atoms. The monoisotopic (exact) mass is 208 g/mol. The fourth-order valence-corrected chi connectivity index (χ4v) is 0. The molecule has 0 aromatic rings. The Balaban J connectivity index is 0. The molecule has 0 saturated heterocycles. The fourth-order valence-electron chi connectivity index (χ4n) is 0. The van der Waals surface area contributed by atoms with Crippen molar-refractivity contribution in [3.05, 3.63) is 0 Å². The molecule has 0 bridgehead atoms. The molecule has 0 aliphatic heterocycles. The van der Waals surface area contributed by atoms with Gasteiger partial charge in [-0.2, -0.15) is 0 Å². The van der Waals surface area contributed by atoms with Crippen molar-refractivity contribution in [1.29, 1.82) is 0 Å². The Kier molecular flexibility index (Phi) is 2.09. The van der Waals surface area contributed by atoms with E-state index < -0.39 is 12.0 Å². The topological polar surface area (TPSA) is 156 Å². The van der Waals surface area contributed by atoms with Crippen LogP contribution in [0.3, 0.4) is 0 Å². The van der Waals surface area contributed by atoms with Gasteiger partial charge in [0.15, 0.2) is 0 Å². The summed E-state index contributed by atoms with van der Waals surface area (Å²) in [7, 11) is 0. The molecule has 6 nitrogen and oxygen atoms in total. The zero-order valence-corrected chi connectivity index (χ0v) is 6.38. The Morgan fingerprint density at radius 1 is 0.625 bits per heavy atom. The van der Waals surface area contributed by atoms with Gasteiger partial charge in [-0.1, -0.05) is 0 Å². The molecule has 58 valence electrons. The molecule has 0 aromatic heterocycles. The van der Waals surface area contributed by atoms with E-state index in [9.17, 15) is 0 Å². The number of rotatable bonds is 0. The Hall–Kier alpha value is 0.799. The molecule has 0 fully saturated rings. The Morgan fingerprint density at radius 3 is 0.625 bits per heavy atom. The average Bonchev–Trinajstić information content (AvgIpc) is 0.592. The minimum atomic E-state index is -4.75. The maximum absolute atomic E-state index is 4.88. The molecule has 8 heavy (non-hydrogen) atoms. The summed E-state index contributed by atoms with van der Waals surface area (Å²) in [5.41, 5.74) is 0. The molecule has 8 heteroatoms. The predicted octanol–water partition coefficient (Wildman–Crippen LogP) is -3.55. The number of hydrogen-bond donors (Lipinski definition) is 6. The van der Waals surface area contributed by atoms with Gasteiger partial charge in [0.05, 0.1) is 0 Å². The van der Waals surface area contributed by atoms with Gasteiger partial charge in [-0.05, 0) is 0 Å². The zero-order chi connectivity index (χ0) is 6.41. The fraction of sp³-hybridized carbons (Fsp3) is 0. The van der Waals surface area contributed by atoms with E-state index in [0.717, 1.165) is 0 Å². The van der Waals surface area contributed by atoms with E-state index in [0.29, 0.717) is 0 Å². The van der Waals surface area contributed by atoms with Crippen LogP contribution in [-0.2, 0) is 29.1 Å². The summed E-state index contributed by atoms with van der Waals surface area (Å²) in [4.78, 5) is 0. The molecule has 0 radical (unpaired) electrons. The van der Waals surface area contributed by atoms with Crippen molar-refractivity contribution in [2.45, 2.75) is 0 Å². The van der Waals surface area contributed by atoms with Crippen LogP contribution in [-0.4, -0.2) is 0 Å². The van der Waals surface area contributed by atoms with Crippen LogP contribution < -0.4 is 28.5 Å². The summed E-state index contributed by atoms with van der Waals surface area (Å²) in [6, 6.07) is 0. The third kappa shape index (κ3) is 358. The van der Waals surface area contributed by atoms with Crippen LogP contribution in [0.15, 0.2) is 0 Å². The first-order valence-electron chi connectivity index (χ1n) is 1.22. The number of hydrogen-bond acceptors (Lipinski definition) is 6. The molecular formula is H12Fe2N6.